The van der Waals surface area contributed by atoms with Crippen molar-refractivity contribution < 1.29 is 4.79 Å². The first-order valence-corrected chi connectivity index (χ1v) is 7.26. The van der Waals surface area contributed by atoms with Gasteiger partial charge < -0.3 is 4.90 Å². The molecule has 0 aliphatic heterocycles. The van der Waals surface area contributed by atoms with E-state index >= 15 is 0 Å². The summed E-state index contributed by atoms with van der Waals surface area (Å²) in [6.45, 7) is 10.9. The molecule has 1 rings (SSSR count). The molecule has 1 atom stereocenters. The van der Waals surface area contributed by atoms with Gasteiger partial charge in [-0.25, -0.2) is 4.98 Å². The van der Waals surface area contributed by atoms with Gasteiger partial charge in [-0.05, 0) is 38.3 Å². The first-order valence-electron chi connectivity index (χ1n) is 6.89. The molecule has 3 nitrogen and oxygen atoms in total. The Kier molecular flexibility index (Phi) is 5.80. The maximum Gasteiger partial charge on any atom is 0.254 e. The highest BCUT2D eigenvalue weighted by molar-refractivity contribution is 6.29. The van der Waals surface area contributed by atoms with Crippen LogP contribution in [0.3, 0.4) is 0 Å². The monoisotopic (exact) mass is 282 g/mol. The fourth-order valence-corrected chi connectivity index (χ4v) is 2.19. The molecule has 0 aliphatic carbocycles. The van der Waals surface area contributed by atoms with Crippen molar-refractivity contribution in [3.05, 3.63) is 28.5 Å². The van der Waals surface area contributed by atoms with Crippen LogP contribution in [0.25, 0.3) is 0 Å². The van der Waals surface area contributed by atoms with E-state index in [0.717, 1.165) is 12.1 Å². The van der Waals surface area contributed by atoms with Crippen LogP contribution in [0, 0.1) is 0 Å². The number of halogens is 1. The number of amides is 1. The Balaban J connectivity index is 3.11. The number of hydrogen-bond acceptors (Lipinski definition) is 2. The lowest BCUT2D eigenvalue weighted by Gasteiger charge is -2.27. The molecule has 1 aromatic rings. The zero-order valence-corrected chi connectivity index (χ0v) is 13.2. The lowest BCUT2D eigenvalue weighted by molar-refractivity contribution is 0.0699. The summed E-state index contributed by atoms with van der Waals surface area (Å²) in [6, 6.07) is 3.73. The van der Waals surface area contributed by atoms with Gasteiger partial charge in [-0.1, -0.05) is 32.4 Å². The van der Waals surface area contributed by atoms with Gasteiger partial charge in [0.2, 0.25) is 0 Å². The van der Waals surface area contributed by atoms with E-state index in [1.165, 1.54) is 0 Å². The molecule has 19 heavy (non-hydrogen) atoms. The van der Waals surface area contributed by atoms with E-state index in [-0.39, 0.29) is 17.9 Å². The number of nitrogens with zero attached hydrogens (tertiary/aromatic N) is 2. The van der Waals surface area contributed by atoms with Crippen LogP contribution in [-0.4, -0.2) is 28.4 Å². The quantitative estimate of drug-likeness (QED) is 0.761. The van der Waals surface area contributed by atoms with Crippen LogP contribution >= 0.6 is 11.6 Å². The molecule has 0 aromatic carbocycles. The highest BCUT2D eigenvalue weighted by atomic mass is 35.5. The molecule has 0 bridgehead atoms. The summed E-state index contributed by atoms with van der Waals surface area (Å²) >= 11 is 6.02. The molecule has 1 amide bonds. The third kappa shape index (κ3) is 3.93. The zero-order chi connectivity index (χ0) is 14.6. The average molecular weight is 283 g/mol. The highest BCUT2D eigenvalue weighted by Gasteiger charge is 2.20. The van der Waals surface area contributed by atoms with Gasteiger partial charge in [-0.3, -0.25) is 4.79 Å². The summed E-state index contributed by atoms with van der Waals surface area (Å²) in [5.41, 5.74) is 1.49. The SMILES string of the molecule is CCC(C)N(CC)C(=O)c1cc(Cl)nc(C(C)C)c1. The average Bonchev–Trinajstić information content (AvgIpc) is 2.38. The van der Waals surface area contributed by atoms with E-state index in [0.29, 0.717) is 17.3 Å². The minimum atomic E-state index is 0.0306. The van der Waals surface area contributed by atoms with Crippen LogP contribution in [0.4, 0.5) is 0 Å². The molecule has 0 aliphatic rings. The fraction of sp³-hybridized carbons (Fsp3) is 0.600. The van der Waals surface area contributed by atoms with Crippen LogP contribution in [0.1, 0.15) is 63.0 Å². The first kappa shape index (κ1) is 16.0. The van der Waals surface area contributed by atoms with Gasteiger partial charge in [0.1, 0.15) is 5.15 Å². The standard InChI is InChI=1S/C15H23ClN2O/c1-6-11(5)18(7-2)15(19)12-8-13(10(3)4)17-14(16)9-12/h8-11H,6-7H2,1-5H3. The van der Waals surface area contributed by atoms with Crippen molar-refractivity contribution in [2.75, 3.05) is 6.54 Å². The fourth-order valence-electron chi connectivity index (χ4n) is 1.98. The molecular weight excluding hydrogens is 260 g/mol. The Morgan fingerprint density at radius 1 is 1.32 bits per heavy atom. The van der Waals surface area contributed by atoms with E-state index in [2.05, 4.69) is 18.8 Å². The van der Waals surface area contributed by atoms with Crippen molar-refractivity contribution in [1.82, 2.24) is 9.88 Å². The van der Waals surface area contributed by atoms with E-state index in [4.69, 9.17) is 11.6 Å². The Hall–Kier alpha value is -1.09. The molecule has 0 saturated carbocycles. The summed E-state index contributed by atoms with van der Waals surface area (Å²) < 4.78 is 0. The molecule has 4 heteroatoms. The molecular formula is C15H23ClN2O. The van der Waals surface area contributed by atoms with Crippen molar-refractivity contribution >= 4 is 17.5 Å². The van der Waals surface area contributed by atoms with Gasteiger partial charge in [-0.2, -0.15) is 0 Å². The minimum Gasteiger partial charge on any atom is -0.336 e. The minimum absolute atomic E-state index is 0.0306. The van der Waals surface area contributed by atoms with Gasteiger partial charge in [0.25, 0.3) is 5.91 Å². The second kappa shape index (κ2) is 6.90. The number of rotatable bonds is 5. The second-order valence-corrected chi connectivity index (χ2v) is 5.49. The largest absolute Gasteiger partial charge is 0.336 e. The topological polar surface area (TPSA) is 33.2 Å². The van der Waals surface area contributed by atoms with Crippen molar-refractivity contribution in [2.24, 2.45) is 0 Å². The second-order valence-electron chi connectivity index (χ2n) is 5.11. The Labute approximate surface area is 121 Å². The van der Waals surface area contributed by atoms with Gasteiger partial charge >= 0.3 is 0 Å². The predicted molar refractivity (Wildman–Crippen MR) is 79.8 cm³/mol. The molecule has 0 spiro atoms. The molecule has 1 heterocycles. The summed E-state index contributed by atoms with van der Waals surface area (Å²) in [5.74, 6) is 0.284. The van der Waals surface area contributed by atoms with Crippen molar-refractivity contribution in [2.45, 2.75) is 53.0 Å². The molecule has 0 N–H and O–H groups in total. The zero-order valence-electron chi connectivity index (χ0n) is 12.4. The first-order chi connectivity index (χ1) is 8.90. The van der Waals surface area contributed by atoms with Crippen molar-refractivity contribution in [3.8, 4) is 0 Å². The van der Waals surface area contributed by atoms with E-state index in [1.54, 1.807) is 6.07 Å². The Bertz CT molecular complexity index is 446. The summed E-state index contributed by atoms with van der Waals surface area (Å²) in [6.07, 6.45) is 0.940. The van der Waals surface area contributed by atoms with E-state index in [1.807, 2.05) is 31.7 Å². The van der Waals surface area contributed by atoms with Crippen LogP contribution in [-0.2, 0) is 0 Å². The normalized spacial score (nSPS) is 12.6. The van der Waals surface area contributed by atoms with Crippen LogP contribution < -0.4 is 0 Å². The van der Waals surface area contributed by atoms with Gasteiger partial charge in [0.05, 0.1) is 0 Å². The van der Waals surface area contributed by atoms with Gasteiger partial charge in [0, 0.05) is 23.8 Å². The third-order valence-corrected chi connectivity index (χ3v) is 3.57. The van der Waals surface area contributed by atoms with Crippen molar-refractivity contribution in [3.63, 3.8) is 0 Å². The van der Waals surface area contributed by atoms with E-state index in [9.17, 15) is 4.79 Å². The van der Waals surface area contributed by atoms with E-state index < -0.39 is 0 Å². The number of carbonyl (C=O) groups excluding carboxylic acids is 1. The molecule has 1 unspecified atom stereocenters. The highest BCUT2D eigenvalue weighted by Crippen LogP contribution is 2.20. The maximum atomic E-state index is 12.5. The smallest absolute Gasteiger partial charge is 0.254 e. The molecule has 0 fully saturated rings. The Morgan fingerprint density at radius 3 is 2.42 bits per heavy atom. The predicted octanol–water partition coefficient (Wildman–Crippen LogP) is 4.12. The number of aromatic nitrogens is 1. The van der Waals surface area contributed by atoms with Crippen LogP contribution in [0.15, 0.2) is 12.1 Å². The number of hydrogen-bond donors (Lipinski definition) is 0. The summed E-state index contributed by atoms with van der Waals surface area (Å²) in [5, 5.41) is 0.384. The molecule has 0 saturated heterocycles. The maximum absolute atomic E-state index is 12.5. The van der Waals surface area contributed by atoms with Crippen LogP contribution in [0.5, 0.6) is 0 Å². The molecule has 106 valence electrons. The lowest BCUT2D eigenvalue weighted by atomic mass is 10.1. The number of pyridine rings is 1. The lowest BCUT2D eigenvalue weighted by Crippen LogP contribution is -2.38. The third-order valence-electron chi connectivity index (χ3n) is 3.38. The summed E-state index contributed by atoms with van der Waals surface area (Å²) in [7, 11) is 0. The molecule has 1 aromatic heterocycles. The van der Waals surface area contributed by atoms with Gasteiger partial charge in [-0.15, -0.1) is 0 Å². The molecule has 0 radical (unpaired) electrons. The van der Waals surface area contributed by atoms with Crippen LogP contribution in [0.2, 0.25) is 5.15 Å². The van der Waals surface area contributed by atoms with Gasteiger partial charge in [0.15, 0.2) is 0 Å². The van der Waals surface area contributed by atoms with Crippen molar-refractivity contribution in [1.29, 1.82) is 0 Å². The Morgan fingerprint density at radius 2 is 1.95 bits per heavy atom. The summed E-state index contributed by atoms with van der Waals surface area (Å²) in [4.78, 5) is 18.7. The number of carbonyl (C=O) groups is 1.